The van der Waals surface area contributed by atoms with Crippen LogP contribution in [0.25, 0.3) is 10.2 Å². The van der Waals surface area contributed by atoms with Crippen LogP contribution in [0.15, 0.2) is 42.0 Å². The quantitative estimate of drug-likeness (QED) is 0.646. The topological polar surface area (TPSA) is 61.4 Å². The summed E-state index contributed by atoms with van der Waals surface area (Å²) in [5.74, 6) is 0.346. The average molecular weight is 370 g/mol. The van der Waals surface area contributed by atoms with Gasteiger partial charge >= 0.3 is 0 Å². The number of ether oxygens (including phenoxy) is 1. The molecule has 0 saturated carbocycles. The third-order valence-corrected chi connectivity index (χ3v) is 5.14. The summed E-state index contributed by atoms with van der Waals surface area (Å²) in [4.78, 5) is 17.7. The maximum atomic E-state index is 12.7. The summed E-state index contributed by atoms with van der Waals surface area (Å²) in [7, 11) is 3.23. The van der Waals surface area contributed by atoms with Gasteiger partial charge in [-0.05, 0) is 23.6 Å². The van der Waals surface area contributed by atoms with Crippen molar-refractivity contribution >= 4 is 27.5 Å². The second kappa shape index (κ2) is 7.29. The van der Waals surface area contributed by atoms with Crippen LogP contribution in [-0.4, -0.2) is 27.4 Å². The summed E-state index contributed by atoms with van der Waals surface area (Å²) in [5, 5.41) is 4.12. The number of methoxy groups -OCH3 is 1. The van der Waals surface area contributed by atoms with E-state index in [9.17, 15) is 4.79 Å². The van der Waals surface area contributed by atoms with Gasteiger partial charge in [-0.25, -0.2) is 0 Å². The number of aromatic nitrogens is 3. The first-order valence-electron chi connectivity index (χ1n) is 8.35. The van der Waals surface area contributed by atoms with E-state index in [2.05, 4.69) is 48.7 Å². The molecule has 2 heterocycles. The van der Waals surface area contributed by atoms with Crippen LogP contribution >= 0.6 is 11.3 Å². The Hall–Kier alpha value is -2.67. The molecule has 6 nitrogen and oxygen atoms in total. The highest BCUT2D eigenvalue weighted by molar-refractivity contribution is 7.16. The molecule has 0 fully saturated rings. The van der Waals surface area contributed by atoms with Crippen molar-refractivity contribution in [2.24, 2.45) is 12.0 Å². The van der Waals surface area contributed by atoms with Gasteiger partial charge in [0.25, 0.3) is 5.91 Å². The number of aryl methyl sites for hydroxylation is 1. The number of hydrogen-bond donors (Lipinski definition) is 0. The minimum Gasteiger partial charge on any atom is -0.479 e. The first-order valence-corrected chi connectivity index (χ1v) is 9.17. The molecule has 0 radical (unpaired) electrons. The molecule has 136 valence electrons. The highest BCUT2D eigenvalue weighted by Gasteiger charge is 2.17. The van der Waals surface area contributed by atoms with Crippen molar-refractivity contribution in [3.63, 3.8) is 0 Å². The Morgan fingerprint density at radius 2 is 2.23 bits per heavy atom. The normalized spacial score (nSPS) is 12.1. The van der Waals surface area contributed by atoms with Gasteiger partial charge in [-0.1, -0.05) is 37.3 Å². The van der Waals surface area contributed by atoms with E-state index in [-0.39, 0.29) is 11.8 Å². The minimum atomic E-state index is -0.372. The monoisotopic (exact) mass is 370 g/mol. The van der Waals surface area contributed by atoms with Crippen LogP contribution in [0.2, 0.25) is 0 Å². The second-order valence-electron chi connectivity index (χ2n) is 6.31. The maximum Gasteiger partial charge on any atom is 0.286 e. The Balaban J connectivity index is 2.15. The molecule has 3 rings (SSSR count). The number of amides is 1. The third kappa shape index (κ3) is 3.35. The number of nitrogens with zero attached hydrogens (tertiary/aromatic N) is 4. The number of hydrogen-bond acceptors (Lipinski definition) is 4. The molecule has 0 atom stereocenters. The van der Waals surface area contributed by atoms with Gasteiger partial charge in [0.1, 0.15) is 5.56 Å². The fraction of sp³-hybridized carbons (Fsp3) is 0.316. The zero-order chi connectivity index (χ0) is 18.8. The van der Waals surface area contributed by atoms with Crippen LogP contribution in [0.3, 0.4) is 0 Å². The summed E-state index contributed by atoms with van der Waals surface area (Å²) in [6, 6.07) is 6.37. The van der Waals surface area contributed by atoms with Gasteiger partial charge in [0.15, 0.2) is 4.80 Å². The lowest BCUT2D eigenvalue weighted by molar-refractivity contribution is 0.0995. The van der Waals surface area contributed by atoms with Crippen molar-refractivity contribution in [3.8, 4) is 5.88 Å². The number of thiazole rings is 1. The highest BCUT2D eigenvalue weighted by Crippen LogP contribution is 2.24. The van der Waals surface area contributed by atoms with Gasteiger partial charge in [0.05, 0.1) is 17.3 Å². The van der Waals surface area contributed by atoms with E-state index in [0.29, 0.717) is 22.8 Å². The molecular formula is C19H22N4O2S. The number of carbonyl (C=O) groups is 1. The van der Waals surface area contributed by atoms with Crippen molar-refractivity contribution in [1.82, 2.24) is 14.3 Å². The zero-order valence-electron chi connectivity index (χ0n) is 15.4. The standard InChI is InChI=1S/C19H22N4O2S/c1-6-9-23-15-8-7-13(12(2)3)10-16(15)26-19(23)20-17(24)14-11-22(4)21-18(14)25-5/h6-8,10-12H,1,9H2,2-5H3. The lowest BCUT2D eigenvalue weighted by atomic mass is 10.0. The van der Waals surface area contributed by atoms with E-state index in [1.165, 1.54) is 24.0 Å². The molecule has 1 amide bonds. The molecule has 3 aromatic rings. The number of fused-ring (bicyclic) bond motifs is 1. The summed E-state index contributed by atoms with van der Waals surface area (Å²) < 4.78 is 9.81. The molecule has 1 aromatic carbocycles. The molecule has 0 unspecified atom stereocenters. The smallest absolute Gasteiger partial charge is 0.286 e. The zero-order valence-corrected chi connectivity index (χ0v) is 16.2. The summed E-state index contributed by atoms with van der Waals surface area (Å²) >= 11 is 1.50. The fourth-order valence-electron chi connectivity index (χ4n) is 2.75. The van der Waals surface area contributed by atoms with Crippen LogP contribution < -0.4 is 9.54 Å². The Morgan fingerprint density at radius 3 is 2.88 bits per heavy atom. The highest BCUT2D eigenvalue weighted by atomic mass is 32.1. The van der Waals surface area contributed by atoms with E-state index < -0.39 is 0 Å². The molecule has 0 bridgehead atoms. The second-order valence-corrected chi connectivity index (χ2v) is 7.32. The van der Waals surface area contributed by atoms with E-state index in [1.807, 2.05) is 4.57 Å². The molecule has 26 heavy (non-hydrogen) atoms. The van der Waals surface area contributed by atoms with Crippen molar-refractivity contribution in [2.75, 3.05) is 7.11 Å². The summed E-state index contributed by atoms with van der Waals surface area (Å²) in [6.45, 7) is 8.73. The minimum absolute atomic E-state index is 0.278. The first kappa shape index (κ1) is 18.1. The van der Waals surface area contributed by atoms with Gasteiger partial charge < -0.3 is 9.30 Å². The summed E-state index contributed by atoms with van der Waals surface area (Å²) in [6.07, 6.45) is 3.42. The van der Waals surface area contributed by atoms with E-state index in [1.54, 1.807) is 24.0 Å². The first-order chi connectivity index (χ1) is 12.4. The molecule has 0 aliphatic carbocycles. The number of allylic oxidation sites excluding steroid dienone is 1. The van der Waals surface area contributed by atoms with Crippen molar-refractivity contribution < 1.29 is 9.53 Å². The molecule has 0 aliphatic heterocycles. The van der Waals surface area contributed by atoms with Crippen LogP contribution in [-0.2, 0) is 13.6 Å². The van der Waals surface area contributed by atoms with Gasteiger partial charge in [-0.2, -0.15) is 4.99 Å². The average Bonchev–Trinajstić information content (AvgIpc) is 3.15. The van der Waals surface area contributed by atoms with Crippen LogP contribution in [0, 0.1) is 0 Å². The molecule has 0 saturated heterocycles. The Morgan fingerprint density at radius 1 is 1.46 bits per heavy atom. The number of benzene rings is 1. The fourth-order valence-corrected chi connectivity index (χ4v) is 3.84. The molecule has 0 N–H and O–H groups in total. The van der Waals surface area contributed by atoms with E-state index in [4.69, 9.17) is 4.74 Å². The molecule has 0 spiro atoms. The predicted molar refractivity (Wildman–Crippen MR) is 104 cm³/mol. The summed E-state index contributed by atoms with van der Waals surface area (Å²) in [5.41, 5.74) is 2.65. The largest absolute Gasteiger partial charge is 0.479 e. The lowest BCUT2D eigenvalue weighted by Crippen LogP contribution is -2.16. The molecular weight excluding hydrogens is 348 g/mol. The van der Waals surface area contributed by atoms with Gasteiger partial charge in [-0.3, -0.25) is 9.48 Å². The lowest BCUT2D eigenvalue weighted by Gasteiger charge is -2.05. The Bertz CT molecular complexity index is 1040. The van der Waals surface area contributed by atoms with E-state index >= 15 is 0 Å². The Kier molecular flexibility index (Phi) is 5.08. The van der Waals surface area contributed by atoms with Crippen LogP contribution in [0.1, 0.15) is 35.7 Å². The van der Waals surface area contributed by atoms with Gasteiger partial charge in [-0.15, -0.1) is 11.7 Å². The predicted octanol–water partition coefficient (Wildman–Crippen LogP) is 3.50. The number of carbonyl (C=O) groups excluding carboxylic acids is 1. The third-order valence-electron chi connectivity index (χ3n) is 4.10. The van der Waals surface area contributed by atoms with Crippen molar-refractivity contribution in [3.05, 3.63) is 53.0 Å². The van der Waals surface area contributed by atoms with Crippen molar-refractivity contribution in [1.29, 1.82) is 0 Å². The van der Waals surface area contributed by atoms with E-state index in [0.717, 1.165) is 10.2 Å². The maximum absolute atomic E-state index is 12.7. The van der Waals surface area contributed by atoms with Crippen molar-refractivity contribution in [2.45, 2.75) is 26.3 Å². The molecule has 2 aromatic heterocycles. The Labute approximate surface area is 156 Å². The molecule has 0 aliphatic rings. The van der Waals surface area contributed by atoms with Crippen LogP contribution in [0.4, 0.5) is 0 Å². The van der Waals surface area contributed by atoms with Crippen LogP contribution in [0.5, 0.6) is 5.88 Å². The molecule has 7 heteroatoms. The van der Waals surface area contributed by atoms with Gasteiger partial charge in [0, 0.05) is 19.8 Å². The van der Waals surface area contributed by atoms with Gasteiger partial charge in [0.2, 0.25) is 5.88 Å². The SMILES string of the molecule is C=CCn1c(=NC(=O)c2cn(C)nc2OC)sc2cc(C(C)C)ccc21. The number of rotatable bonds is 5.